The Hall–Kier alpha value is -1.42. The molecule has 1 saturated heterocycles. The maximum Gasteiger partial charge on any atom is 0.308 e. The van der Waals surface area contributed by atoms with Crippen molar-refractivity contribution in [2.24, 2.45) is 5.92 Å². The number of likely N-dealkylation sites (tertiary alicyclic amines) is 1. The first-order chi connectivity index (χ1) is 10.2. The third kappa shape index (κ3) is 2.95. The van der Waals surface area contributed by atoms with Crippen molar-refractivity contribution in [3.63, 3.8) is 0 Å². The van der Waals surface area contributed by atoms with Gasteiger partial charge in [-0.3, -0.25) is 9.69 Å². The molecule has 0 radical (unpaired) electrons. The van der Waals surface area contributed by atoms with E-state index < -0.39 is 11.9 Å². The van der Waals surface area contributed by atoms with Gasteiger partial charge in [0.1, 0.15) is 5.82 Å². The van der Waals surface area contributed by atoms with Crippen molar-refractivity contribution in [2.75, 3.05) is 6.54 Å². The fraction of sp³-hybridized carbons (Fsp3) is 0.588. The van der Waals surface area contributed by atoms with Gasteiger partial charge in [-0.05, 0) is 43.5 Å². The van der Waals surface area contributed by atoms with E-state index in [0.29, 0.717) is 12.5 Å². The number of halogens is 1. The highest BCUT2D eigenvalue weighted by Gasteiger charge is 2.42. The lowest BCUT2D eigenvalue weighted by molar-refractivity contribution is -0.142. The summed E-state index contributed by atoms with van der Waals surface area (Å²) in [5, 5.41) is 9.51. The third-order valence-electron chi connectivity index (χ3n) is 4.99. The molecule has 2 atom stereocenters. The largest absolute Gasteiger partial charge is 0.481 e. The van der Waals surface area contributed by atoms with Crippen LogP contribution in [0.4, 0.5) is 4.39 Å². The van der Waals surface area contributed by atoms with Crippen LogP contribution in [0.25, 0.3) is 0 Å². The van der Waals surface area contributed by atoms with Gasteiger partial charge < -0.3 is 5.11 Å². The summed E-state index contributed by atoms with van der Waals surface area (Å²) in [6.07, 6.45) is 6.64. The summed E-state index contributed by atoms with van der Waals surface area (Å²) in [6.45, 7) is 0.808. The van der Waals surface area contributed by atoms with Crippen molar-refractivity contribution in [1.82, 2.24) is 4.90 Å². The minimum Gasteiger partial charge on any atom is -0.481 e. The molecule has 21 heavy (non-hydrogen) atoms. The van der Waals surface area contributed by atoms with Gasteiger partial charge in [-0.1, -0.05) is 31.4 Å². The summed E-state index contributed by atoms with van der Waals surface area (Å²) in [4.78, 5) is 13.9. The average Bonchev–Trinajstić information content (AvgIpc) is 2.93. The molecule has 0 bridgehead atoms. The summed E-state index contributed by atoms with van der Waals surface area (Å²) >= 11 is 0. The lowest BCUT2D eigenvalue weighted by Crippen LogP contribution is -2.38. The first-order valence-electron chi connectivity index (χ1n) is 7.91. The number of carboxylic acids is 1. The van der Waals surface area contributed by atoms with Crippen molar-refractivity contribution >= 4 is 5.97 Å². The maximum absolute atomic E-state index is 13.6. The molecule has 114 valence electrons. The molecule has 1 heterocycles. The van der Waals surface area contributed by atoms with Gasteiger partial charge in [-0.25, -0.2) is 4.39 Å². The Morgan fingerprint density at radius 2 is 1.95 bits per heavy atom. The second-order valence-electron chi connectivity index (χ2n) is 6.26. The second-order valence-corrected chi connectivity index (χ2v) is 6.26. The molecule has 0 spiro atoms. The smallest absolute Gasteiger partial charge is 0.308 e. The quantitative estimate of drug-likeness (QED) is 0.925. The van der Waals surface area contributed by atoms with E-state index in [1.54, 1.807) is 6.07 Å². The molecule has 3 rings (SSSR count). The van der Waals surface area contributed by atoms with Gasteiger partial charge in [0.2, 0.25) is 0 Å². The summed E-state index contributed by atoms with van der Waals surface area (Å²) in [5.41, 5.74) is 0.811. The van der Waals surface area contributed by atoms with Crippen molar-refractivity contribution in [1.29, 1.82) is 0 Å². The van der Waals surface area contributed by atoms with E-state index in [1.165, 1.54) is 31.4 Å². The zero-order valence-corrected chi connectivity index (χ0v) is 12.2. The van der Waals surface area contributed by atoms with Gasteiger partial charge in [-0.2, -0.15) is 0 Å². The van der Waals surface area contributed by atoms with E-state index in [2.05, 4.69) is 4.90 Å². The highest BCUT2D eigenvalue weighted by atomic mass is 19.1. The van der Waals surface area contributed by atoms with Crippen LogP contribution in [0.2, 0.25) is 0 Å². The summed E-state index contributed by atoms with van der Waals surface area (Å²) in [5.74, 6) is -1.47. The first-order valence-corrected chi connectivity index (χ1v) is 7.91. The molecule has 2 aliphatic rings. The maximum atomic E-state index is 13.6. The van der Waals surface area contributed by atoms with E-state index in [-0.39, 0.29) is 11.9 Å². The second kappa shape index (κ2) is 6.14. The Bertz CT molecular complexity index is 513. The van der Waals surface area contributed by atoms with Crippen LogP contribution in [-0.2, 0) is 4.79 Å². The highest BCUT2D eigenvalue weighted by molar-refractivity contribution is 5.71. The van der Waals surface area contributed by atoms with Crippen molar-refractivity contribution in [3.05, 3.63) is 35.6 Å². The van der Waals surface area contributed by atoms with Gasteiger partial charge in [0.05, 0.1) is 5.92 Å². The molecule has 1 aromatic rings. The average molecular weight is 291 g/mol. The SMILES string of the molecule is O=C(O)C1CCN(C2CCCCC2)C1c1cccc(F)c1. The number of carboxylic acid groups (broad SMARTS) is 1. The Labute approximate surface area is 124 Å². The van der Waals surface area contributed by atoms with Crippen LogP contribution in [-0.4, -0.2) is 28.6 Å². The van der Waals surface area contributed by atoms with Crippen LogP contribution >= 0.6 is 0 Å². The number of aliphatic carboxylic acids is 1. The van der Waals surface area contributed by atoms with Crippen molar-refractivity contribution < 1.29 is 14.3 Å². The number of nitrogens with zero attached hydrogens (tertiary/aromatic N) is 1. The minimum atomic E-state index is -0.762. The molecule has 1 aliphatic heterocycles. The van der Waals surface area contributed by atoms with Crippen molar-refractivity contribution in [3.8, 4) is 0 Å². The van der Waals surface area contributed by atoms with E-state index in [1.807, 2.05) is 6.07 Å². The van der Waals surface area contributed by atoms with Crippen LogP contribution in [0.5, 0.6) is 0 Å². The molecule has 1 aliphatic carbocycles. The number of hydrogen-bond donors (Lipinski definition) is 1. The Kier molecular flexibility index (Phi) is 4.24. The van der Waals surface area contributed by atoms with Crippen LogP contribution in [0.15, 0.2) is 24.3 Å². The Balaban J connectivity index is 1.90. The third-order valence-corrected chi connectivity index (χ3v) is 4.99. The zero-order chi connectivity index (χ0) is 14.8. The Morgan fingerprint density at radius 1 is 1.19 bits per heavy atom. The van der Waals surface area contributed by atoms with Crippen LogP contribution in [0, 0.1) is 11.7 Å². The zero-order valence-electron chi connectivity index (χ0n) is 12.2. The van der Waals surface area contributed by atoms with E-state index in [9.17, 15) is 14.3 Å². The van der Waals surface area contributed by atoms with Gasteiger partial charge in [-0.15, -0.1) is 0 Å². The number of benzene rings is 1. The first kappa shape index (κ1) is 14.5. The fourth-order valence-corrected chi connectivity index (χ4v) is 4.01. The standard InChI is InChI=1S/C17H22FNO2/c18-13-6-4-5-12(11-13)16-15(17(20)21)9-10-19(16)14-7-2-1-3-8-14/h4-6,11,14-16H,1-3,7-10H2,(H,20,21). The molecule has 2 fully saturated rings. The van der Waals surface area contributed by atoms with Crippen LogP contribution in [0.3, 0.4) is 0 Å². The summed E-state index contributed by atoms with van der Waals surface area (Å²) < 4.78 is 13.6. The number of rotatable bonds is 3. The molecule has 0 amide bonds. The topological polar surface area (TPSA) is 40.5 Å². The molecule has 1 saturated carbocycles. The molecular formula is C17H22FNO2. The predicted octanol–water partition coefficient (Wildman–Crippen LogP) is 3.61. The molecular weight excluding hydrogens is 269 g/mol. The molecule has 0 aromatic heterocycles. The van der Waals surface area contributed by atoms with Gasteiger partial charge in [0.15, 0.2) is 0 Å². The molecule has 1 N–H and O–H groups in total. The summed E-state index contributed by atoms with van der Waals surface area (Å²) in [6, 6.07) is 6.74. The predicted molar refractivity (Wildman–Crippen MR) is 78.5 cm³/mol. The number of hydrogen-bond acceptors (Lipinski definition) is 2. The highest BCUT2D eigenvalue weighted by Crippen LogP contribution is 2.41. The van der Waals surface area contributed by atoms with Crippen molar-refractivity contribution in [2.45, 2.75) is 50.6 Å². The van der Waals surface area contributed by atoms with Gasteiger partial charge >= 0.3 is 5.97 Å². The monoisotopic (exact) mass is 291 g/mol. The van der Waals surface area contributed by atoms with E-state index in [0.717, 1.165) is 24.9 Å². The summed E-state index contributed by atoms with van der Waals surface area (Å²) in [7, 11) is 0. The van der Waals surface area contributed by atoms with Crippen LogP contribution in [0.1, 0.15) is 50.1 Å². The molecule has 4 heteroatoms. The van der Waals surface area contributed by atoms with Gasteiger partial charge in [0, 0.05) is 12.1 Å². The minimum absolute atomic E-state index is 0.179. The van der Waals surface area contributed by atoms with Gasteiger partial charge in [0.25, 0.3) is 0 Å². The molecule has 3 nitrogen and oxygen atoms in total. The van der Waals surface area contributed by atoms with Crippen LogP contribution < -0.4 is 0 Å². The number of carbonyl (C=O) groups is 1. The van der Waals surface area contributed by atoms with E-state index in [4.69, 9.17) is 0 Å². The fourth-order valence-electron chi connectivity index (χ4n) is 4.01. The Morgan fingerprint density at radius 3 is 2.62 bits per heavy atom. The lowest BCUT2D eigenvalue weighted by Gasteiger charge is -2.36. The molecule has 1 aromatic carbocycles. The molecule has 2 unspecified atom stereocenters. The normalized spacial score (nSPS) is 27.9. The lowest BCUT2D eigenvalue weighted by atomic mass is 9.90. The van der Waals surface area contributed by atoms with E-state index >= 15 is 0 Å².